The first-order chi connectivity index (χ1) is 9.06. The van der Waals surface area contributed by atoms with Crippen molar-refractivity contribution in [1.82, 2.24) is 9.88 Å². The lowest BCUT2D eigenvalue weighted by Gasteiger charge is -2.30. The Balaban J connectivity index is 1.98. The van der Waals surface area contributed by atoms with Crippen LogP contribution in [0.5, 0.6) is 0 Å². The highest BCUT2D eigenvalue weighted by molar-refractivity contribution is 5.92. The van der Waals surface area contributed by atoms with Gasteiger partial charge in [-0.05, 0) is 30.9 Å². The Kier molecular flexibility index (Phi) is 3.99. The van der Waals surface area contributed by atoms with E-state index in [0.717, 1.165) is 25.9 Å². The molecule has 1 saturated heterocycles. The number of amides is 2. The lowest BCUT2D eigenvalue weighted by Crippen LogP contribution is -2.40. The fourth-order valence-corrected chi connectivity index (χ4v) is 2.04. The van der Waals surface area contributed by atoms with Crippen LogP contribution in [0.15, 0.2) is 18.3 Å². The average Bonchev–Trinajstić information content (AvgIpc) is 2.39. The van der Waals surface area contributed by atoms with E-state index in [0.29, 0.717) is 11.6 Å². The number of urea groups is 1. The summed E-state index contributed by atoms with van der Waals surface area (Å²) in [5, 5.41) is 11.5. The van der Waals surface area contributed by atoms with Crippen molar-refractivity contribution in [3.8, 4) is 0 Å². The number of hydrogen-bond donors (Lipinski definition) is 2. The van der Waals surface area contributed by atoms with Crippen molar-refractivity contribution >= 4 is 17.7 Å². The summed E-state index contributed by atoms with van der Waals surface area (Å²) in [7, 11) is 0. The maximum absolute atomic E-state index is 12.0. The van der Waals surface area contributed by atoms with Gasteiger partial charge in [-0.3, -0.25) is 0 Å². The van der Waals surface area contributed by atoms with Gasteiger partial charge in [-0.25, -0.2) is 14.6 Å². The van der Waals surface area contributed by atoms with E-state index in [-0.39, 0.29) is 11.7 Å². The third kappa shape index (κ3) is 3.43. The Bertz CT molecular complexity index is 482. The molecule has 1 aliphatic rings. The molecule has 2 amide bonds. The van der Waals surface area contributed by atoms with Crippen molar-refractivity contribution in [3.05, 3.63) is 24.0 Å². The molecular weight excluding hydrogens is 246 g/mol. The van der Waals surface area contributed by atoms with E-state index in [1.165, 1.54) is 12.3 Å². The highest BCUT2D eigenvalue weighted by Gasteiger charge is 2.20. The van der Waals surface area contributed by atoms with Crippen LogP contribution in [0.1, 0.15) is 30.3 Å². The van der Waals surface area contributed by atoms with Crippen LogP contribution in [0.2, 0.25) is 0 Å². The van der Waals surface area contributed by atoms with Gasteiger partial charge in [-0.2, -0.15) is 0 Å². The highest BCUT2D eigenvalue weighted by atomic mass is 16.4. The quantitative estimate of drug-likeness (QED) is 0.855. The number of likely N-dealkylation sites (tertiary alicyclic amines) is 1. The summed E-state index contributed by atoms with van der Waals surface area (Å²) in [6.07, 6.45) is 3.38. The van der Waals surface area contributed by atoms with Gasteiger partial charge >= 0.3 is 12.0 Å². The molecular formula is C13H17N3O3. The number of carboxylic acid groups (broad SMARTS) is 1. The van der Waals surface area contributed by atoms with Crippen molar-refractivity contribution in [2.45, 2.75) is 19.8 Å². The molecule has 1 aromatic rings. The van der Waals surface area contributed by atoms with Gasteiger partial charge in [0.05, 0.1) is 0 Å². The van der Waals surface area contributed by atoms with E-state index in [1.54, 1.807) is 11.0 Å². The monoisotopic (exact) mass is 263 g/mol. The van der Waals surface area contributed by atoms with Gasteiger partial charge in [0.1, 0.15) is 5.69 Å². The molecule has 0 unspecified atom stereocenters. The summed E-state index contributed by atoms with van der Waals surface area (Å²) in [5.41, 5.74) is 0.376. The number of carbonyl (C=O) groups is 2. The smallest absolute Gasteiger partial charge is 0.354 e. The average molecular weight is 263 g/mol. The number of carbonyl (C=O) groups excluding carboxylic acids is 1. The topological polar surface area (TPSA) is 82.5 Å². The molecule has 19 heavy (non-hydrogen) atoms. The summed E-state index contributed by atoms with van der Waals surface area (Å²) >= 11 is 0. The summed E-state index contributed by atoms with van der Waals surface area (Å²) in [5.74, 6) is -0.452. The fraction of sp³-hybridized carbons (Fsp3) is 0.462. The molecule has 0 saturated carbocycles. The van der Waals surface area contributed by atoms with E-state index in [4.69, 9.17) is 5.11 Å². The van der Waals surface area contributed by atoms with Crippen LogP contribution < -0.4 is 5.32 Å². The zero-order chi connectivity index (χ0) is 13.8. The predicted molar refractivity (Wildman–Crippen MR) is 70.2 cm³/mol. The molecule has 0 aliphatic carbocycles. The standard InChI is InChI=1S/C13H17N3O3/c1-9-3-6-16(7-4-9)13(19)15-10-2-5-14-11(8-10)12(17)18/h2,5,8-9H,3-4,6-7H2,1H3,(H,17,18)(H,14,15,19). The van der Waals surface area contributed by atoms with Gasteiger partial charge in [0.25, 0.3) is 0 Å². The number of hydrogen-bond acceptors (Lipinski definition) is 3. The molecule has 0 atom stereocenters. The number of piperidine rings is 1. The predicted octanol–water partition coefficient (Wildman–Crippen LogP) is 2.04. The Hall–Kier alpha value is -2.11. The molecule has 0 aromatic carbocycles. The van der Waals surface area contributed by atoms with Crippen molar-refractivity contribution in [2.75, 3.05) is 18.4 Å². The lowest BCUT2D eigenvalue weighted by molar-refractivity contribution is 0.0690. The summed E-state index contributed by atoms with van der Waals surface area (Å²) < 4.78 is 0. The molecule has 2 N–H and O–H groups in total. The number of pyridine rings is 1. The molecule has 1 aromatic heterocycles. The van der Waals surface area contributed by atoms with Crippen LogP contribution in [0.4, 0.5) is 10.5 Å². The first-order valence-corrected chi connectivity index (χ1v) is 6.31. The van der Waals surface area contributed by atoms with Gasteiger partial charge < -0.3 is 15.3 Å². The van der Waals surface area contributed by atoms with Gasteiger partial charge in [-0.15, -0.1) is 0 Å². The Morgan fingerprint density at radius 2 is 2.11 bits per heavy atom. The molecule has 0 radical (unpaired) electrons. The minimum Gasteiger partial charge on any atom is -0.477 e. The Morgan fingerprint density at radius 1 is 1.42 bits per heavy atom. The Morgan fingerprint density at radius 3 is 2.74 bits per heavy atom. The summed E-state index contributed by atoms with van der Waals surface area (Å²) in [4.78, 5) is 28.2. The lowest BCUT2D eigenvalue weighted by atomic mass is 10.00. The van der Waals surface area contributed by atoms with E-state index in [2.05, 4.69) is 17.2 Å². The first kappa shape index (κ1) is 13.3. The van der Waals surface area contributed by atoms with Crippen molar-refractivity contribution in [3.63, 3.8) is 0 Å². The van der Waals surface area contributed by atoms with Crippen LogP contribution in [0.25, 0.3) is 0 Å². The maximum atomic E-state index is 12.0. The normalized spacial score (nSPS) is 16.2. The number of anilines is 1. The second kappa shape index (κ2) is 5.69. The van der Waals surface area contributed by atoms with Crippen LogP contribution in [-0.4, -0.2) is 40.1 Å². The van der Waals surface area contributed by atoms with Crippen molar-refractivity contribution in [1.29, 1.82) is 0 Å². The second-order valence-electron chi connectivity index (χ2n) is 4.83. The summed E-state index contributed by atoms with van der Waals surface area (Å²) in [6, 6.07) is 2.75. The third-order valence-corrected chi connectivity index (χ3v) is 3.30. The van der Waals surface area contributed by atoms with E-state index in [1.807, 2.05) is 0 Å². The minimum atomic E-state index is -1.11. The highest BCUT2D eigenvalue weighted by Crippen LogP contribution is 2.17. The number of carboxylic acids is 1. The van der Waals surface area contributed by atoms with Crippen LogP contribution in [0.3, 0.4) is 0 Å². The van der Waals surface area contributed by atoms with Gasteiger partial charge in [0.2, 0.25) is 0 Å². The maximum Gasteiger partial charge on any atom is 0.354 e. The van der Waals surface area contributed by atoms with Crippen LogP contribution >= 0.6 is 0 Å². The molecule has 6 nitrogen and oxygen atoms in total. The largest absolute Gasteiger partial charge is 0.477 e. The first-order valence-electron chi connectivity index (χ1n) is 6.31. The van der Waals surface area contributed by atoms with E-state index < -0.39 is 5.97 Å². The van der Waals surface area contributed by atoms with Gasteiger partial charge in [-0.1, -0.05) is 6.92 Å². The van der Waals surface area contributed by atoms with Crippen LogP contribution in [0, 0.1) is 5.92 Å². The molecule has 2 rings (SSSR count). The number of rotatable bonds is 2. The summed E-state index contributed by atoms with van der Waals surface area (Å²) in [6.45, 7) is 3.66. The third-order valence-electron chi connectivity index (χ3n) is 3.30. The number of aromatic nitrogens is 1. The zero-order valence-electron chi connectivity index (χ0n) is 10.8. The van der Waals surface area contributed by atoms with Crippen LogP contribution in [-0.2, 0) is 0 Å². The molecule has 0 bridgehead atoms. The van der Waals surface area contributed by atoms with Crippen molar-refractivity contribution < 1.29 is 14.7 Å². The minimum absolute atomic E-state index is 0.0786. The molecule has 1 fully saturated rings. The number of aromatic carboxylic acids is 1. The zero-order valence-corrected chi connectivity index (χ0v) is 10.8. The number of nitrogens with zero attached hydrogens (tertiary/aromatic N) is 2. The van der Waals surface area contributed by atoms with Crippen molar-refractivity contribution in [2.24, 2.45) is 5.92 Å². The molecule has 1 aliphatic heterocycles. The molecule has 0 spiro atoms. The second-order valence-corrected chi connectivity index (χ2v) is 4.83. The molecule has 2 heterocycles. The fourth-order valence-electron chi connectivity index (χ4n) is 2.04. The SMILES string of the molecule is CC1CCN(C(=O)Nc2ccnc(C(=O)O)c2)CC1. The number of nitrogens with one attached hydrogen (secondary N) is 1. The van der Waals surface area contributed by atoms with Gasteiger partial charge in [0, 0.05) is 25.0 Å². The molecule has 102 valence electrons. The van der Waals surface area contributed by atoms with E-state index >= 15 is 0 Å². The van der Waals surface area contributed by atoms with E-state index in [9.17, 15) is 9.59 Å². The molecule has 6 heteroatoms. The Labute approximate surface area is 111 Å². The van der Waals surface area contributed by atoms with Gasteiger partial charge in [0.15, 0.2) is 0 Å².